The van der Waals surface area contributed by atoms with Crippen LogP contribution in [0.25, 0.3) is 11.5 Å². The highest BCUT2D eigenvalue weighted by Crippen LogP contribution is 2.29. The van der Waals surface area contributed by atoms with E-state index in [0.29, 0.717) is 5.82 Å². The van der Waals surface area contributed by atoms with Gasteiger partial charge in [0.1, 0.15) is 17.3 Å². The summed E-state index contributed by atoms with van der Waals surface area (Å²) in [6.45, 7) is 0. The molecule has 0 aliphatic heterocycles. The highest BCUT2D eigenvalue weighted by molar-refractivity contribution is 5.58. The van der Waals surface area contributed by atoms with E-state index >= 15 is 0 Å². The third-order valence-corrected chi connectivity index (χ3v) is 3.37. The molecule has 19 heavy (non-hydrogen) atoms. The fraction of sp³-hybridized carbons (Fsp3) is 0.357. The monoisotopic (exact) mass is 256 g/mol. The maximum Gasteiger partial charge on any atom is 0.180 e. The SMILES string of the molecule is CNc1nc(-c2cc(OC)ccn2)nc2c1CCC2. The van der Waals surface area contributed by atoms with Crippen LogP contribution in [0.2, 0.25) is 0 Å². The van der Waals surface area contributed by atoms with Gasteiger partial charge in [0.2, 0.25) is 0 Å². The van der Waals surface area contributed by atoms with Crippen LogP contribution in [0.15, 0.2) is 18.3 Å². The Labute approximate surface area is 112 Å². The highest BCUT2D eigenvalue weighted by Gasteiger charge is 2.19. The van der Waals surface area contributed by atoms with E-state index in [0.717, 1.165) is 42.2 Å². The van der Waals surface area contributed by atoms with Crippen LogP contribution >= 0.6 is 0 Å². The molecule has 0 saturated heterocycles. The molecule has 0 bridgehead atoms. The molecule has 5 heteroatoms. The predicted octanol–water partition coefficient (Wildman–Crippen LogP) is 2.08. The fourth-order valence-electron chi connectivity index (χ4n) is 2.41. The van der Waals surface area contributed by atoms with Crippen molar-refractivity contribution in [2.45, 2.75) is 19.3 Å². The summed E-state index contributed by atoms with van der Waals surface area (Å²) in [6.07, 6.45) is 4.93. The second-order valence-electron chi connectivity index (χ2n) is 4.51. The normalized spacial score (nSPS) is 13.2. The predicted molar refractivity (Wildman–Crippen MR) is 73.4 cm³/mol. The molecular formula is C14H16N4O. The molecular weight excluding hydrogens is 240 g/mol. The standard InChI is InChI=1S/C14H16N4O/c1-15-13-10-4-3-5-11(10)17-14(18-13)12-8-9(19-2)6-7-16-12/h6-8H,3-5H2,1-2H3,(H,15,17,18). The minimum Gasteiger partial charge on any atom is -0.497 e. The van der Waals surface area contributed by atoms with Crippen LogP contribution in [0.3, 0.4) is 0 Å². The molecule has 2 aromatic rings. The van der Waals surface area contributed by atoms with Gasteiger partial charge < -0.3 is 10.1 Å². The molecule has 2 aromatic heterocycles. The summed E-state index contributed by atoms with van der Waals surface area (Å²) in [5.41, 5.74) is 3.12. The van der Waals surface area contributed by atoms with Crippen LogP contribution in [0.1, 0.15) is 17.7 Å². The van der Waals surface area contributed by atoms with E-state index in [2.05, 4.69) is 20.3 Å². The van der Waals surface area contributed by atoms with E-state index in [-0.39, 0.29) is 0 Å². The first kappa shape index (κ1) is 11.9. The number of aromatic nitrogens is 3. The van der Waals surface area contributed by atoms with Gasteiger partial charge in [0.15, 0.2) is 5.82 Å². The number of methoxy groups -OCH3 is 1. The van der Waals surface area contributed by atoms with E-state index < -0.39 is 0 Å². The summed E-state index contributed by atoms with van der Waals surface area (Å²) in [7, 11) is 3.53. The van der Waals surface area contributed by atoms with Gasteiger partial charge in [-0.25, -0.2) is 9.97 Å². The van der Waals surface area contributed by atoms with Gasteiger partial charge in [-0.2, -0.15) is 0 Å². The summed E-state index contributed by atoms with van der Waals surface area (Å²) in [5, 5.41) is 3.16. The third kappa shape index (κ3) is 2.12. The van der Waals surface area contributed by atoms with Crippen molar-refractivity contribution in [1.29, 1.82) is 0 Å². The molecule has 1 aliphatic rings. The second kappa shape index (κ2) is 4.84. The molecule has 0 spiro atoms. The lowest BCUT2D eigenvalue weighted by Crippen LogP contribution is -2.04. The first-order valence-electron chi connectivity index (χ1n) is 6.40. The zero-order valence-corrected chi connectivity index (χ0v) is 11.1. The van der Waals surface area contributed by atoms with Gasteiger partial charge in [0.25, 0.3) is 0 Å². The number of aryl methyl sites for hydroxylation is 1. The lowest BCUT2D eigenvalue weighted by atomic mass is 10.2. The van der Waals surface area contributed by atoms with Crippen molar-refractivity contribution in [1.82, 2.24) is 15.0 Å². The minimum atomic E-state index is 0.656. The maximum atomic E-state index is 5.21. The summed E-state index contributed by atoms with van der Waals surface area (Å²) in [4.78, 5) is 13.5. The van der Waals surface area contributed by atoms with Gasteiger partial charge in [-0.3, -0.25) is 4.98 Å². The number of ether oxygens (including phenoxy) is 1. The number of hydrogen-bond donors (Lipinski definition) is 1. The van der Waals surface area contributed by atoms with Gasteiger partial charge in [0.05, 0.1) is 7.11 Å². The molecule has 3 rings (SSSR count). The molecule has 0 unspecified atom stereocenters. The number of fused-ring (bicyclic) bond motifs is 1. The molecule has 0 amide bonds. The maximum absolute atomic E-state index is 5.21. The second-order valence-corrected chi connectivity index (χ2v) is 4.51. The summed E-state index contributed by atoms with van der Waals surface area (Å²) in [6, 6.07) is 3.67. The van der Waals surface area contributed by atoms with Crippen molar-refractivity contribution in [3.63, 3.8) is 0 Å². The van der Waals surface area contributed by atoms with E-state index in [1.807, 2.05) is 19.2 Å². The zero-order chi connectivity index (χ0) is 13.2. The van der Waals surface area contributed by atoms with Crippen LogP contribution in [-0.2, 0) is 12.8 Å². The number of anilines is 1. The van der Waals surface area contributed by atoms with Crippen LogP contribution in [0.4, 0.5) is 5.82 Å². The van der Waals surface area contributed by atoms with Crippen LogP contribution in [0.5, 0.6) is 5.75 Å². The highest BCUT2D eigenvalue weighted by atomic mass is 16.5. The van der Waals surface area contributed by atoms with Crippen LogP contribution < -0.4 is 10.1 Å². The smallest absolute Gasteiger partial charge is 0.180 e. The average Bonchev–Trinajstić information content (AvgIpc) is 2.94. The lowest BCUT2D eigenvalue weighted by Gasteiger charge is -2.09. The van der Waals surface area contributed by atoms with E-state index in [9.17, 15) is 0 Å². The first-order valence-corrected chi connectivity index (χ1v) is 6.40. The van der Waals surface area contributed by atoms with Gasteiger partial charge in [-0.05, 0) is 25.3 Å². The largest absolute Gasteiger partial charge is 0.497 e. The molecule has 2 heterocycles. The molecule has 1 aliphatic carbocycles. The topological polar surface area (TPSA) is 59.9 Å². The fourth-order valence-corrected chi connectivity index (χ4v) is 2.41. The number of pyridine rings is 1. The quantitative estimate of drug-likeness (QED) is 0.911. The Morgan fingerprint density at radius 1 is 1.26 bits per heavy atom. The van der Waals surface area contributed by atoms with Crippen molar-refractivity contribution < 1.29 is 4.74 Å². The Bertz CT molecular complexity index is 612. The zero-order valence-electron chi connectivity index (χ0n) is 11.1. The van der Waals surface area contributed by atoms with Crippen molar-refractivity contribution in [3.05, 3.63) is 29.6 Å². The van der Waals surface area contributed by atoms with Crippen molar-refractivity contribution in [2.24, 2.45) is 0 Å². The number of nitrogens with one attached hydrogen (secondary N) is 1. The first-order chi connectivity index (χ1) is 9.31. The van der Waals surface area contributed by atoms with Gasteiger partial charge in [-0.1, -0.05) is 0 Å². The summed E-state index contributed by atoms with van der Waals surface area (Å²) in [5.74, 6) is 2.34. The molecule has 0 radical (unpaired) electrons. The van der Waals surface area contributed by atoms with E-state index in [1.165, 1.54) is 5.56 Å². The lowest BCUT2D eigenvalue weighted by molar-refractivity contribution is 0.414. The molecule has 0 fully saturated rings. The van der Waals surface area contributed by atoms with Crippen molar-refractivity contribution in [3.8, 4) is 17.3 Å². The Balaban J connectivity index is 2.10. The summed E-state index contributed by atoms with van der Waals surface area (Å²) < 4.78 is 5.21. The Morgan fingerprint density at radius 3 is 2.95 bits per heavy atom. The molecule has 0 aromatic carbocycles. The van der Waals surface area contributed by atoms with Crippen molar-refractivity contribution in [2.75, 3.05) is 19.5 Å². The Morgan fingerprint density at radius 2 is 2.16 bits per heavy atom. The van der Waals surface area contributed by atoms with Gasteiger partial charge >= 0.3 is 0 Å². The number of nitrogens with zero attached hydrogens (tertiary/aromatic N) is 3. The Hall–Kier alpha value is -2.17. The molecule has 0 atom stereocenters. The van der Waals surface area contributed by atoms with E-state index in [4.69, 9.17) is 4.74 Å². The molecule has 5 nitrogen and oxygen atoms in total. The van der Waals surface area contributed by atoms with Gasteiger partial charge in [0, 0.05) is 30.6 Å². The molecule has 1 N–H and O–H groups in total. The Kier molecular flexibility index (Phi) is 3.03. The van der Waals surface area contributed by atoms with Crippen LogP contribution in [-0.4, -0.2) is 29.1 Å². The number of hydrogen-bond acceptors (Lipinski definition) is 5. The number of rotatable bonds is 3. The van der Waals surface area contributed by atoms with Crippen LogP contribution in [0, 0.1) is 0 Å². The average molecular weight is 256 g/mol. The summed E-state index contributed by atoms with van der Waals surface area (Å²) >= 11 is 0. The van der Waals surface area contributed by atoms with E-state index in [1.54, 1.807) is 13.3 Å². The molecule has 0 saturated carbocycles. The van der Waals surface area contributed by atoms with Gasteiger partial charge in [-0.15, -0.1) is 0 Å². The molecule has 98 valence electrons. The third-order valence-electron chi connectivity index (χ3n) is 3.37. The van der Waals surface area contributed by atoms with Crippen molar-refractivity contribution >= 4 is 5.82 Å². The minimum absolute atomic E-state index is 0.656.